The van der Waals surface area contributed by atoms with Crippen molar-refractivity contribution in [3.8, 4) is 0 Å². The molecule has 2 aliphatic carbocycles. The zero-order valence-corrected chi connectivity index (χ0v) is 12.3. The largest absolute Gasteiger partial charge is 0.311 e. The van der Waals surface area contributed by atoms with Crippen molar-refractivity contribution in [2.75, 3.05) is 0 Å². The second-order valence-electron chi connectivity index (χ2n) is 8.11. The lowest BCUT2D eigenvalue weighted by atomic mass is 9.63. The molecule has 0 aliphatic heterocycles. The van der Waals surface area contributed by atoms with E-state index in [-0.39, 0.29) is 0 Å². The van der Waals surface area contributed by atoms with E-state index in [4.69, 9.17) is 0 Å². The van der Waals surface area contributed by atoms with Crippen molar-refractivity contribution in [3.63, 3.8) is 0 Å². The molecule has 2 aliphatic rings. The maximum atomic E-state index is 3.97. The van der Waals surface area contributed by atoms with Gasteiger partial charge in [0.05, 0.1) is 0 Å². The molecule has 0 aromatic carbocycles. The Labute approximate surface area is 108 Å². The summed E-state index contributed by atoms with van der Waals surface area (Å²) in [6, 6.07) is 1.58. The van der Waals surface area contributed by atoms with Crippen molar-refractivity contribution >= 4 is 0 Å². The van der Waals surface area contributed by atoms with E-state index in [1.165, 1.54) is 51.4 Å². The van der Waals surface area contributed by atoms with Crippen LogP contribution in [0.2, 0.25) is 0 Å². The Bertz CT molecular complexity index is 232. The summed E-state index contributed by atoms with van der Waals surface area (Å²) in [7, 11) is 0. The number of hydrogen-bond acceptors (Lipinski definition) is 1. The van der Waals surface area contributed by atoms with Gasteiger partial charge in [-0.25, -0.2) is 0 Å². The summed E-state index contributed by atoms with van der Waals surface area (Å²) in [6.07, 6.45) is 11.3. The lowest BCUT2D eigenvalue weighted by molar-refractivity contribution is 0.0776. The first-order valence-electron chi connectivity index (χ1n) is 7.62. The third-order valence-electron chi connectivity index (χ3n) is 4.63. The molecule has 1 nitrogen and oxygen atoms in total. The molecule has 17 heavy (non-hydrogen) atoms. The first kappa shape index (κ1) is 13.4. The molecule has 0 atom stereocenters. The summed E-state index contributed by atoms with van der Waals surface area (Å²) in [5.74, 6) is 0. The summed E-state index contributed by atoms with van der Waals surface area (Å²) in [5, 5.41) is 3.97. The Balaban J connectivity index is 1.91. The maximum Gasteiger partial charge on any atom is 0.00798 e. The van der Waals surface area contributed by atoms with Crippen LogP contribution in [0.4, 0.5) is 0 Å². The monoisotopic (exact) mass is 237 g/mol. The molecule has 0 aromatic heterocycles. The van der Waals surface area contributed by atoms with Crippen LogP contribution in [0.1, 0.15) is 79.1 Å². The van der Waals surface area contributed by atoms with Gasteiger partial charge in [0.1, 0.15) is 0 Å². The summed E-state index contributed by atoms with van der Waals surface area (Å²) < 4.78 is 0. The molecule has 0 aromatic rings. The third-order valence-corrected chi connectivity index (χ3v) is 4.63. The van der Waals surface area contributed by atoms with Crippen molar-refractivity contribution in [1.29, 1.82) is 0 Å². The fourth-order valence-electron chi connectivity index (χ4n) is 4.57. The summed E-state index contributed by atoms with van der Waals surface area (Å²) >= 11 is 0. The van der Waals surface area contributed by atoms with Crippen LogP contribution < -0.4 is 5.32 Å². The first-order chi connectivity index (χ1) is 7.86. The van der Waals surface area contributed by atoms with Gasteiger partial charge in [0.25, 0.3) is 0 Å². The van der Waals surface area contributed by atoms with Gasteiger partial charge in [0, 0.05) is 12.1 Å². The van der Waals surface area contributed by atoms with Crippen LogP contribution in [-0.4, -0.2) is 12.1 Å². The van der Waals surface area contributed by atoms with Gasteiger partial charge in [-0.1, -0.05) is 47.0 Å². The molecule has 2 rings (SSSR count). The molecule has 0 unspecified atom stereocenters. The minimum Gasteiger partial charge on any atom is -0.311 e. The molecular formula is C16H31N. The molecule has 1 N–H and O–H groups in total. The highest BCUT2D eigenvalue weighted by Gasteiger charge is 2.38. The quantitative estimate of drug-likeness (QED) is 0.745. The van der Waals surface area contributed by atoms with Gasteiger partial charge in [0.2, 0.25) is 0 Å². The zero-order chi connectivity index (χ0) is 12.5. The number of nitrogens with one attached hydrogen (secondary N) is 1. The minimum absolute atomic E-state index is 0.522. The Morgan fingerprint density at radius 2 is 1.29 bits per heavy atom. The Kier molecular flexibility index (Phi) is 3.87. The molecule has 2 fully saturated rings. The van der Waals surface area contributed by atoms with Crippen molar-refractivity contribution < 1.29 is 0 Å². The molecular weight excluding hydrogens is 206 g/mol. The lowest BCUT2D eigenvalue weighted by Gasteiger charge is -2.46. The summed E-state index contributed by atoms with van der Waals surface area (Å²) in [6.45, 7) is 9.79. The predicted octanol–water partition coefficient (Wildman–Crippen LogP) is 4.51. The van der Waals surface area contributed by atoms with E-state index in [0.29, 0.717) is 10.8 Å². The van der Waals surface area contributed by atoms with Gasteiger partial charge in [-0.3, -0.25) is 0 Å². The van der Waals surface area contributed by atoms with Gasteiger partial charge in [-0.15, -0.1) is 0 Å². The van der Waals surface area contributed by atoms with E-state index in [2.05, 4.69) is 33.0 Å². The van der Waals surface area contributed by atoms with Crippen LogP contribution in [-0.2, 0) is 0 Å². The number of rotatable bonds is 2. The SMILES string of the molecule is CC1(C)CC(NC2CCCCC2)CC(C)(C)C1. The lowest BCUT2D eigenvalue weighted by Crippen LogP contribution is -2.47. The average Bonchev–Trinajstić information content (AvgIpc) is 2.13. The third kappa shape index (κ3) is 3.98. The molecule has 0 heterocycles. The van der Waals surface area contributed by atoms with Crippen LogP contribution in [0.3, 0.4) is 0 Å². The first-order valence-corrected chi connectivity index (χ1v) is 7.62. The van der Waals surface area contributed by atoms with E-state index >= 15 is 0 Å². The van der Waals surface area contributed by atoms with E-state index in [9.17, 15) is 0 Å². The zero-order valence-electron chi connectivity index (χ0n) is 12.3. The van der Waals surface area contributed by atoms with Gasteiger partial charge < -0.3 is 5.32 Å². The van der Waals surface area contributed by atoms with Crippen LogP contribution in [0.25, 0.3) is 0 Å². The molecule has 0 saturated heterocycles. The van der Waals surface area contributed by atoms with Gasteiger partial charge in [0.15, 0.2) is 0 Å². The van der Waals surface area contributed by atoms with E-state index in [0.717, 1.165) is 12.1 Å². The fourth-order valence-corrected chi connectivity index (χ4v) is 4.57. The molecule has 100 valence electrons. The highest BCUT2D eigenvalue weighted by Crippen LogP contribution is 2.45. The molecule has 1 heteroatoms. The van der Waals surface area contributed by atoms with Crippen LogP contribution in [0.5, 0.6) is 0 Å². The van der Waals surface area contributed by atoms with Crippen LogP contribution >= 0.6 is 0 Å². The topological polar surface area (TPSA) is 12.0 Å². The molecule has 0 radical (unpaired) electrons. The molecule has 0 spiro atoms. The van der Waals surface area contributed by atoms with Crippen LogP contribution in [0, 0.1) is 10.8 Å². The molecule has 0 bridgehead atoms. The van der Waals surface area contributed by atoms with Crippen LogP contribution in [0.15, 0.2) is 0 Å². The van der Waals surface area contributed by atoms with Gasteiger partial charge >= 0.3 is 0 Å². The maximum absolute atomic E-state index is 3.97. The van der Waals surface area contributed by atoms with Crippen molar-refractivity contribution in [3.05, 3.63) is 0 Å². The van der Waals surface area contributed by atoms with E-state index in [1.807, 2.05) is 0 Å². The van der Waals surface area contributed by atoms with Crippen molar-refractivity contribution in [1.82, 2.24) is 5.32 Å². The second-order valence-corrected chi connectivity index (χ2v) is 8.11. The predicted molar refractivity (Wildman–Crippen MR) is 75.2 cm³/mol. The van der Waals surface area contributed by atoms with Gasteiger partial charge in [-0.05, 0) is 42.9 Å². The normalized spacial score (nSPS) is 30.4. The standard InChI is InChI=1S/C16H31N/c1-15(2)10-14(11-16(3,4)12-15)17-13-8-6-5-7-9-13/h13-14,17H,5-12H2,1-4H3. The Morgan fingerprint density at radius 3 is 1.82 bits per heavy atom. The summed E-state index contributed by atoms with van der Waals surface area (Å²) in [5.41, 5.74) is 1.04. The molecule has 0 amide bonds. The van der Waals surface area contributed by atoms with Crippen molar-refractivity contribution in [2.24, 2.45) is 10.8 Å². The molecule has 2 saturated carbocycles. The Morgan fingerprint density at radius 1 is 0.765 bits per heavy atom. The highest BCUT2D eigenvalue weighted by molar-refractivity contribution is 4.93. The van der Waals surface area contributed by atoms with Crippen molar-refractivity contribution in [2.45, 2.75) is 91.1 Å². The summed E-state index contributed by atoms with van der Waals surface area (Å²) in [4.78, 5) is 0. The Hall–Kier alpha value is -0.0400. The highest BCUT2D eigenvalue weighted by atomic mass is 15.0. The average molecular weight is 237 g/mol. The van der Waals surface area contributed by atoms with Gasteiger partial charge in [-0.2, -0.15) is 0 Å². The fraction of sp³-hybridized carbons (Fsp3) is 1.00. The second kappa shape index (κ2) is 4.91. The van der Waals surface area contributed by atoms with E-state index in [1.54, 1.807) is 0 Å². The minimum atomic E-state index is 0.522. The smallest absolute Gasteiger partial charge is 0.00798 e. The number of hydrogen-bond donors (Lipinski definition) is 1. The van der Waals surface area contributed by atoms with E-state index < -0.39 is 0 Å².